The molecule has 0 spiro atoms. The molecule has 0 aliphatic heterocycles. The minimum absolute atomic E-state index is 0.0994. The van der Waals surface area contributed by atoms with Crippen LogP contribution in [0.15, 0.2) is 40.7 Å². The number of hydrogen-bond acceptors (Lipinski definition) is 7. The number of hydrogen-bond donors (Lipinski definition) is 1. The molecule has 7 nitrogen and oxygen atoms in total. The minimum Gasteiger partial charge on any atom is -0.297 e. The molecule has 0 saturated heterocycles. The highest BCUT2D eigenvalue weighted by molar-refractivity contribution is 7.14. The van der Waals surface area contributed by atoms with Crippen LogP contribution in [0.25, 0.3) is 6.08 Å². The lowest BCUT2D eigenvalue weighted by molar-refractivity contribution is -0.116. The van der Waals surface area contributed by atoms with E-state index in [2.05, 4.69) is 15.3 Å². The number of nitriles is 1. The zero-order valence-electron chi connectivity index (χ0n) is 16.0. The van der Waals surface area contributed by atoms with Crippen LogP contribution in [0.5, 0.6) is 0 Å². The molecule has 2 heterocycles. The second-order valence-electron chi connectivity index (χ2n) is 6.14. The third kappa shape index (κ3) is 4.74. The fraction of sp³-hybridized carbons (Fsp3) is 0.150. The maximum atomic E-state index is 12.3. The predicted octanol–water partition coefficient (Wildman–Crippen LogP) is 4.45. The first-order valence-corrected chi connectivity index (χ1v) is 10.3. The van der Waals surface area contributed by atoms with Crippen LogP contribution < -0.4 is 10.2 Å². The SMILES string of the molecule is CC(=O)N(c1ccc(C)c(C)c1)c1nc(/C=C(\C#N)C(=O)Nc2nccs2)cs1. The fourth-order valence-corrected chi connectivity index (χ4v) is 3.85. The topological polar surface area (TPSA) is 99.0 Å². The number of nitrogens with one attached hydrogen (secondary N) is 1. The third-order valence-corrected chi connectivity index (χ3v) is 5.61. The quantitative estimate of drug-likeness (QED) is 0.483. The average Bonchev–Trinajstić information content (AvgIpc) is 3.34. The highest BCUT2D eigenvalue weighted by Gasteiger charge is 2.19. The molecule has 2 aromatic heterocycles. The summed E-state index contributed by atoms with van der Waals surface area (Å²) in [5.74, 6) is -0.741. The maximum Gasteiger partial charge on any atom is 0.268 e. The second-order valence-corrected chi connectivity index (χ2v) is 7.87. The Bertz CT molecular complexity index is 1130. The maximum absolute atomic E-state index is 12.3. The molecule has 0 radical (unpaired) electrons. The molecule has 0 saturated carbocycles. The number of carbonyl (C=O) groups is 2. The lowest BCUT2D eigenvalue weighted by Gasteiger charge is -2.19. The summed E-state index contributed by atoms with van der Waals surface area (Å²) in [6, 6.07) is 7.62. The summed E-state index contributed by atoms with van der Waals surface area (Å²) in [6.07, 6.45) is 2.95. The zero-order valence-corrected chi connectivity index (χ0v) is 17.6. The van der Waals surface area contributed by atoms with E-state index in [1.165, 1.54) is 40.6 Å². The van der Waals surface area contributed by atoms with Crippen molar-refractivity contribution in [3.8, 4) is 6.07 Å². The Balaban J connectivity index is 1.88. The molecule has 29 heavy (non-hydrogen) atoms. The minimum atomic E-state index is -0.561. The predicted molar refractivity (Wildman–Crippen MR) is 115 cm³/mol. The van der Waals surface area contributed by atoms with Gasteiger partial charge in [-0.2, -0.15) is 5.26 Å². The summed E-state index contributed by atoms with van der Waals surface area (Å²) < 4.78 is 0. The molecular weight excluding hydrogens is 406 g/mol. The van der Waals surface area contributed by atoms with Crippen molar-refractivity contribution in [1.29, 1.82) is 5.26 Å². The second kappa shape index (κ2) is 8.77. The van der Waals surface area contributed by atoms with Gasteiger partial charge in [0.2, 0.25) is 5.91 Å². The Morgan fingerprint density at radius 3 is 2.66 bits per heavy atom. The normalized spacial score (nSPS) is 11.0. The Hall–Kier alpha value is -3.35. The van der Waals surface area contributed by atoms with Gasteiger partial charge >= 0.3 is 0 Å². The third-order valence-electron chi connectivity index (χ3n) is 4.07. The highest BCUT2D eigenvalue weighted by atomic mass is 32.1. The van der Waals surface area contributed by atoms with Gasteiger partial charge in [-0.05, 0) is 43.2 Å². The van der Waals surface area contributed by atoms with Crippen LogP contribution in [0.4, 0.5) is 16.0 Å². The number of aromatic nitrogens is 2. The summed E-state index contributed by atoms with van der Waals surface area (Å²) in [7, 11) is 0. The van der Waals surface area contributed by atoms with Crippen molar-refractivity contribution in [3.05, 3.63) is 57.6 Å². The summed E-state index contributed by atoms with van der Waals surface area (Å²) in [4.78, 5) is 34.4. The Morgan fingerprint density at radius 1 is 1.24 bits per heavy atom. The summed E-state index contributed by atoms with van der Waals surface area (Å²) in [5.41, 5.74) is 3.23. The number of amides is 2. The van der Waals surface area contributed by atoms with Crippen LogP contribution in [-0.4, -0.2) is 21.8 Å². The van der Waals surface area contributed by atoms with Crippen molar-refractivity contribution in [3.63, 3.8) is 0 Å². The first-order valence-electron chi connectivity index (χ1n) is 8.55. The van der Waals surface area contributed by atoms with Gasteiger partial charge < -0.3 is 0 Å². The Kier molecular flexibility index (Phi) is 6.16. The molecule has 0 aliphatic carbocycles. The zero-order chi connectivity index (χ0) is 21.0. The van der Waals surface area contributed by atoms with Crippen molar-refractivity contribution < 1.29 is 9.59 Å². The van der Waals surface area contributed by atoms with Crippen molar-refractivity contribution >= 4 is 56.5 Å². The van der Waals surface area contributed by atoms with Gasteiger partial charge in [-0.1, -0.05) is 6.07 Å². The number of anilines is 3. The van der Waals surface area contributed by atoms with Crippen LogP contribution in [0.3, 0.4) is 0 Å². The van der Waals surface area contributed by atoms with E-state index in [4.69, 9.17) is 0 Å². The molecule has 0 bridgehead atoms. The number of thiazole rings is 2. The molecule has 0 fully saturated rings. The van der Waals surface area contributed by atoms with Gasteiger partial charge in [-0.3, -0.25) is 19.8 Å². The first-order chi connectivity index (χ1) is 13.9. The van der Waals surface area contributed by atoms with Crippen LogP contribution in [-0.2, 0) is 9.59 Å². The van der Waals surface area contributed by atoms with Gasteiger partial charge in [0.05, 0.1) is 11.4 Å². The van der Waals surface area contributed by atoms with Crippen molar-refractivity contribution in [1.82, 2.24) is 9.97 Å². The van der Waals surface area contributed by atoms with Crippen LogP contribution in [0, 0.1) is 25.2 Å². The number of nitrogens with zero attached hydrogens (tertiary/aromatic N) is 4. The molecule has 1 N–H and O–H groups in total. The van der Waals surface area contributed by atoms with E-state index in [1.54, 1.807) is 17.0 Å². The summed E-state index contributed by atoms with van der Waals surface area (Å²) >= 11 is 2.52. The van der Waals surface area contributed by atoms with Crippen LogP contribution >= 0.6 is 22.7 Å². The number of aryl methyl sites for hydroxylation is 2. The molecule has 3 rings (SSSR count). The molecular formula is C20H17N5O2S2. The van der Waals surface area contributed by atoms with Crippen LogP contribution in [0.2, 0.25) is 0 Å². The van der Waals surface area contributed by atoms with Gasteiger partial charge in [-0.15, -0.1) is 22.7 Å². The molecule has 0 unspecified atom stereocenters. The molecule has 0 atom stereocenters. The van der Waals surface area contributed by atoms with Gasteiger partial charge in [0.15, 0.2) is 10.3 Å². The van der Waals surface area contributed by atoms with E-state index in [0.717, 1.165) is 11.1 Å². The molecule has 2 amide bonds. The molecule has 1 aromatic carbocycles. The molecule has 146 valence electrons. The van der Waals surface area contributed by atoms with Crippen LogP contribution in [0.1, 0.15) is 23.7 Å². The van der Waals surface area contributed by atoms with Crippen molar-refractivity contribution in [2.24, 2.45) is 0 Å². The van der Waals surface area contributed by atoms with Crippen molar-refractivity contribution in [2.45, 2.75) is 20.8 Å². The molecule has 9 heteroatoms. The van der Waals surface area contributed by atoms with Crippen molar-refractivity contribution in [2.75, 3.05) is 10.2 Å². The van der Waals surface area contributed by atoms with E-state index < -0.39 is 5.91 Å². The van der Waals surface area contributed by atoms with Gasteiger partial charge in [0.25, 0.3) is 5.91 Å². The van der Waals surface area contributed by atoms with Gasteiger partial charge in [0.1, 0.15) is 11.6 Å². The average molecular weight is 424 g/mol. The van der Waals surface area contributed by atoms with E-state index in [1.807, 2.05) is 38.1 Å². The summed E-state index contributed by atoms with van der Waals surface area (Å²) in [5, 5.41) is 16.2. The van der Waals surface area contributed by atoms with E-state index in [0.29, 0.717) is 21.6 Å². The Labute approximate surface area is 176 Å². The van der Waals surface area contributed by atoms with E-state index in [-0.39, 0.29) is 11.5 Å². The van der Waals surface area contributed by atoms with Gasteiger partial charge in [-0.25, -0.2) is 9.97 Å². The smallest absolute Gasteiger partial charge is 0.268 e. The van der Waals surface area contributed by atoms with Gasteiger partial charge in [0, 0.05) is 23.9 Å². The standard InChI is InChI=1S/C20H17N5O2S2/c1-12-4-5-17(8-13(12)2)25(14(3)26)20-23-16(11-29-20)9-15(10-21)18(27)24-19-22-6-7-28-19/h4-9,11H,1-3H3,(H,22,24,27)/b15-9+. The van der Waals surface area contributed by atoms with E-state index >= 15 is 0 Å². The largest absolute Gasteiger partial charge is 0.297 e. The molecule has 3 aromatic rings. The summed E-state index contributed by atoms with van der Waals surface area (Å²) in [6.45, 7) is 5.45. The number of carbonyl (C=O) groups excluding carboxylic acids is 2. The number of benzene rings is 1. The lowest BCUT2D eigenvalue weighted by atomic mass is 10.1. The lowest BCUT2D eigenvalue weighted by Crippen LogP contribution is -2.22. The monoisotopic (exact) mass is 423 g/mol. The van der Waals surface area contributed by atoms with E-state index in [9.17, 15) is 14.9 Å². The number of rotatable bonds is 5. The molecule has 0 aliphatic rings. The fourth-order valence-electron chi connectivity index (χ4n) is 2.48. The Morgan fingerprint density at radius 2 is 2.03 bits per heavy atom. The first kappa shape index (κ1) is 20.4. The highest BCUT2D eigenvalue weighted by Crippen LogP contribution is 2.30.